The molecule has 3 aromatic rings. The maximum absolute atomic E-state index is 13.0. The number of anilines is 1. The number of aryl methyl sites for hydroxylation is 1. The molecule has 1 aliphatic heterocycles. The number of rotatable bonds is 5. The van der Waals surface area contributed by atoms with Gasteiger partial charge in [0.05, 0.1) is 21.0 Å². The van der Waals surface area contributed by atoms with Gasteiger partial charge in [-0.15, -0.1) is 0 Å². The molecular formula is C23H27N3O4S2. The second-order valence-electron chi connectivity index (χ2n) is 8.52. The summed E-state index contributed by atoms with van der Waals surface area (Å²) in [5, 5.41) is 2.92. The van der Waals surface area contributed by atoms with E-state index >= 15 is 0 Å². The molecule has 170 valence electrons. The molecule has 0 unspecified atom stereocenters. The van der Waals surface area contributed by atoms with Crippen molar-refractivity contribution in [2.45, 2.75) is 44.6 Å². The van der Waals surface area contributed by atoms with Crippen LogP contribution in [0.3, 0.4) is 0 Å². The second kappa shape index (κ2) is 8.80. The Bertz CT molecular complexity index is 1310. The molecule has 2 aromatic carbocycles. The molecule has 2 heterocycles. The van der Waals surface area contributed by atoms with Crippen LogP contribution in [-0.2, 0) is 14.8 Å². The maximum atomic E-state index is 13.0. The van der Waals surface area contributed by atoms with Crippen molar-refractivity contribution in [2.75, 3.05) is 18.4 Å². The zero-order chi connectivity index (χ0) is 23.0. The molecule has 0 aliphatic carbocycles. The smallest absolute Gasteiger partial charge is 0.308 e. The van der Waals surface area contributed by atoms with Crippen molar-refractivity contribution in [2.24, 2.45) is 5.92 Å². The van der Waals surface area contributed by atoms with Gasteiger partial charge in [0.15, 0.2) is 0 Å². The number of sulfonamides is 1. The highest BCUT2D eigenvalue weighted by molar-refractivity contribution is 7.89. The topological polar surface area (TPSA) is 88.5 Å². The van der Waals surface area contributed by atoms with E-state index in [2.05, 4.69) is 5.32 Å². The van der Waals surface area contributed by atoms with E-state index in [0.29, 0.717) is 25.1 Å². The zero-order valence-corrected chi connectivity index (χ0v) is 20.0. The first kappa shape index (κ1) is 22.7. The average Bonchev–Trinajstić information content (AvgIpc) is 3.09. The molecule has 0 bridgehead atoms. The summed E-state index contributed by atoms with van der Waals surface area (Å²) in [4.78, 5) is 25.4. The highest BCUT2D eigenvalue weighted by Gasteiger charge is 2.33. The van der Waals surface area contributed by atoms with Crippen molar-refractivity contribution < 1.29 is 13.2 Å². The third-order valence-electron chi connectivity index (χ3n) is 5.81. The molecule has 0 spiro atoms. The van der Waals surface area contributed by atoms with E-state index in [1.165, 1.54) is 4.31 Å². The number of piperidine rings is 1. The number of carbonyl (C=O) groups excluding carboxylic acids is 1. The molecule has 1 N–H and O–H groups in total. The fourth-order valence-corrected chi connectivity index (χ4v) is 6.66. The zero-order valence-electron chi connectivity index (χ0n) is 18.4. The Morgan fingerprint density at radius 3 is 2.56 bits per heavy atom. The molecule has 1 atom stereocenters. The van der Waals surface area contributed by atoms with Gasteiger partial charge in [-0.2, -0.15) is 4.31 Å². The van der Waals surface area contributed by atoms with Gasteiger partial charge in [-0.1, -0.05) is 29.0 Å². The van der Waals surface area contributed by atoms with Crippen molar-refractivity contribution in [3.63, 3.8) is 0 Å². The van der Waals surface area contributed by atoms with Crippen LogP contribution in [0.4, 0.5) is 5.69 Å². The fourth-order valence-electron chi connectivity index (χ4n) is 4.08. The first-order valence-electron chi connectivity index (χ1n) is 10.7. The van der Waals surface area contributed by atoms with Crippen LogP contribution >= 0.6 is 11.3 Å². The molecule has 1 aliphatic rings. The van der Waals surface area contributed by atoms with Gasteiger partial charge in [0.25, 0.3) is 0 Å². The standard InChI is InChI=1S/C23H27N3O4S2/c1-15(2)26-20-11-8-18(13-21(20)31-23(26)28)24-22(27)17-5-4-12-25(14-17)32(29,30)19-9-6-16(3)7-10-19/h6-11,13,15,17H,4-5,12,14H2,1-3H3,(H,24,27)/t17-/m0/s1. The molecule has 1 fully saturated rings. The molecular weight excluding hydrogens is 446 g/mol. The van der Waals surface area contributed by atoms with Gasteiger partial charge in [-0.3, -0.25) is 14.2 Å². The van der Waals surface area contributed by atoms with Crippen LogP contribution in [0.2, 0.25) is 0 Å². The minimum atomic E-state index is -3.64. The minimum Gasteiger partial charge on any atom is -0.326 e. The summed E-state index contributed by atoms with van der Waals surface area (Å²) in [5.74, 6) is -0.637. The molecule has 1 amide bonds. The Morgan fingerprint density at radius 1 is 1.16 bits per heavy atom. The molecule has 9 heteroatoms. The van der Waals surface area contributed by atoms with Crippen LogP contribution in [0.15, 0.2) is 52.2 Å². The lowest BCUT2D eigenvalue weighted by Crippen LogP contribution is -2.43. The first-order chi connectivity index (χ1) is 15.2. The summed E-state index contributed by atoms with van der Waals surface area (Å²) in [6.07, 6.45) is 1.26. The Balaban J connectivity index is 1.50. The molecule has 0 saturated carbocycles. The van der Waals surface area contributed by atoms with E-state index in [0.717, 1.165) is 27.1 Å². The lowest BCUT2D eigenvalue weighted by Gasteiger charge is -2.31. The maximum Gasteiger partial charge on any atom is 0.308 e. The van der Waals surface area contributed by atoms with E-state index in [-0.39, 0.29) is 28.3 Å². The Labute approximate surface area is 191 Å². The Kier molecular flexibility index (Phi) is 6.24. The van der Waals surface area contributed by atoms with Crippen LogP contribution in [0, 0.1) is 12.8 Å². The normalized spacial score (nSPS) is 17.7. The summed E-state index contributed by atoms with van der Waals surface area (Å²) in [5.41, 5.74) is 2.45. The molecule has 0 radical (unpaired) electrons. The summed E-state index contributed by atoms with van der Waals surface area (Å²) >= 11 is 1.15. The highest BCUT2D eigenvalue weighted by Crippen LogP contribution is 2.27. The number of nitrogens with zero attached hydrogens (tertiary/aromatic N) is 2. The molecule has 1 saturated heterocycles. The van der Waals surface area contributed by atoms with Gasteiger partial charge in [0.1, 0.15) is 0 Å². The van der Waals surface area contributed by atoms with Crippen LogP contribution in [-0.4, -0.2) is 36.3 Å². The molecule has 7 nitrogen and oxygen atoms in total. The minimum absolute atomic E-state index is 0.0253. The molecule has 1 aromatic heterocycles. The highest BCUT2D eigenvalue weighted by atomic mass is 32.2. The lowest BCUT2D eigenvalue weighted by atomic mass is 9.98. The number of aromatic nitrogens is 1. The van der Waals surface area contributed by atoms with E-state index in [4.69, 9.17) is 0 Å². The quantitative estimate of drug-likeness (QED) is 0.607. The van der Waals surface area contributed by atoms with Crippen molar-refractivity contribution >= 4 is 43.2 Å². The predicted octanol–water partition coefficient (Wildman–Crippen LogP) is 3.99. The summed E-state index contributed by atoms with van der Waals surface area (Å²) in [6, 6.07) is 12.3. The summed E-state index contributed by atoms with van der Waals surface area (Å²) < 4.78 is 30.0. The van der Waals surface area contributed by atoms with Gasteiger partial charge >= 0.3 is 4.87 Å². The first-order valence-corrected chi connectivity index (χ1v) is 13.0. The molecule has 32 heavy (non-hydrogen) atoms. The monoisotopic (exact) mass is 473 g/mol. The van der Waals surface area contributed by atoms with Crippen molar-refractivity contribution in [3.8, 4) is 0 Å². The number of nitrogens with one attached hydrogen (secondary N) is 1. The van der Waals surface area contributed by atoms with E-state index in [1.54, 1.807) is 34.9 Å². The van der Waals surface area contributed by atoms with Gasteiger partial charge in [-0.25, -0.2) is 8.42 Å². The number of amides is 1. The van der Waals surface area contributed by atoms with Gasteiger partial charge in [0, 0.05) is 24.8 Å². The number of benzene rings is 2. The Morgan fingerprint density at radius 2 is 1.88 bits per heavy atom. The third-order valence-corrected chi connectivity index (χ3v) is 8.61. The largest absolute Gasteiger partial charge is 0.326 e. The second-order valence-corrected chi connectivity index (χ2v) is 11.4. The van der Waals surface area contributed by atoms with Gasteiger partial charge in [-0.05, 0) is 63.9 Å². The number of hydrogen-bond donors (Lipinski definition) is 1. The Hall–Kier alpha value is -2.49. The van der Waals surface area contributed by atoms with Crippen LogP contribution in [0.1, 0.15) is 38.3 Å². The summed E-state index contributed by atoms with van der Waals surface area (Å²) in [7, 11) is -3.64. The van der Waals surface area contributed by atoms with Crippen molar-refractivity contribution in [3.05, 3.63) is 57.7 Å². The predicted molar refractivity (Wildman–Crippen MR) is 128 cm³/mol. The van der Waals surface area contributed by atoms with Gasteiger partial charge < -0.3 is 5.32 Å². The third kappa shape index (κ3) is 4.37. The number of fused-ring (bicyclic) bond motifs is 1. The van der Waals surface area contributed by atoms with Crippen LogP contribution < -0.4 is 10.2 Å². The molecule has 4 rings (SSSR count). The SMILES string of the molecule is Cc1ccc(S(=O)(=O)N2CCC[C@H](C(=O)Nc3ccc4c(c3)sc(=O)n4C(C)C)C2)cc1. The van der Waals surface area contributed by atoms with E-state index in [1.807, 2.05) is 32.9 Å². The van der Waals surface area contributed by atoms with Crippen LogP contribution in [0.25, 0.3) is 10.2 Å². The fraction of sp³-hybridized carbons (Fsp3) is 0.391. The van der Waals surface area contributed by atoms with Gasteiger partial charge in [0.2, 0.25) is 15.9 Å². The van der Waals surface area contributed by atoms with E-state index < -0.39 is 15.9 Å². The van der Waals surface area contributed by atoms with Crippen molar-refractivity contribution in [1.82, 2.24) is 8.87 Å². The number of hydrogen-bond acceptors (Lipinski definition) is 5. The van der Waals surface area contributed by atoms with E-state index in [9.17, 15) is 18.0 Å². The number of thiazole rings is 1. The van der Waals surface area contributed by atoms with Crippen LogP contribution in [0.5, 0.6) is 0 Å². The average molecular weight is 474 g/mol. The summed E-state index contributed by atoms with van der Waals surface area (Å²) in [6.45, 7) is 6.39. The van der Waals surface area contributed by atoms with Crippen molar-refractivity contribution in [1.29, 1.82) is 0 Å². The number of carbonyl (C=O) groups is 1. The lowest BCUT2D eigenvalue weighted by molar-refractivity contribution is -0.120.